The van der Waals surface area contributed by atoms with E-state index in [9.17, 15) is 10.1 Å². The zero-order valence-electron chi connectivity index (χ0n) is 12.2. The Morgan fingerprint density at radius 3 is 2.90 bits per heavy atom. The molecule has 1 aromatic heterocycles. The minimum atomic E-state index is -0.225. The molecule has 6 nitrogen and oxygen atoms in total. The Bertz CT molecular complexity index is 545. The monoisotopic (exact) mass is 288 g/mol. The highest BCUT2D eigenvalue weighted by atomic mass is 16.5. The molecular formula is C15H20N4O2. The van der Waals surface area contributed by atoms with Crippen molar-refractivity contribution in [2.45, 2.75) is 26.2 Å². The average Bonchev–Trinajstić information content (AvgIpc) is 2.47. The van der Waals surface area contributed by atoms with Crippen LogP contribution in [-0.2, 0) is 9.53 Å². The first-order valence-corrected chi connectivity index (χ1v) is 7.14. The second kappa shape index (κ2) is 6.93. The zero-order valence-corrected chi connectivity index (χ0v) is 12.2. The first-order valence-electron chi connectivity index (χ1n) is 7.14. The van der Waals surface area contributed by atoms with Crippen molar-refractivity contribution in [3.8, 4) is 6.07 Å². The van der Waals surface area contributed by atoms with Crippen LogP contribution in [-0.4, -0.2) is 30.6 Å². The number of piperidine rings is 1. The van der Waals surface area contributed by atoms with Gasteiger partial charge in [-0.1, -0.05) is 0 Å². The highest BCUT2D eigenvalue weighted by Gasteiger charge is 2.22. The molecule has 112 valence electrons. The molecule has 0 radical (unpaired) electrons. The van der Waals surface area contributed by atoms with E-state index in [-0.39, 0.29) is 5.97 Å². The topological polar surface area (TPSA) is 92.2 Å². The number of nitrogens with zero attached hydrogens (tertiary/aromatic N) is 3. The molecule has 0 amide bonds. The van der Waals surface area contributed by atoms with Crippen molar-refractivity contribution in [1.29, 1.82) is 5.26 Å². The quantitative estimate of drug-likeness (QED) is 0.848. The third-order valence-electron chi connectivity index (χ3n) is 3.75. The maximum atomic E-state index is 10.7. The fourth-order valence-corrected chi connectivity index (χ4v) is 2.61. The molecule has 1 aliphatic rings. The Labute approximate surface area is 124 Å². The number of carbonyl (C=O) groups excluding carboxylic acids is 1. The van der Waals surface area contributed by atoms with Crippen molar-refractivity contribution in [2.75, 3.05) is 30.3 Å². The van der Waals surface area contributed by atoms with Gasteiger partial charge >= 0.3 is 5.97 Å². The van der Waals surface area contributed by atoms with Crippen LogP contribution in [0.4, 0.5) is 11.5 Å². The average molecular weight is 288 g/mol. The molecule has 6 heteroatoms. The van der Waals surface area contributed by atoms with Gasteiger partial charge in [0.2, 0.25) is 0 Å². The van der Waals surface area contributed by atoms with Crippen molar-refractivity contribution < 1.29 is 9.53 Å². The van der Waals surface area contributed by atoms with Gasteiger partial charge in [0.05, 0.1) is 24.1 Å². The molecule has 21 heavy (non-hydrogen) atoms. The van der Waals surface area contributed by atoms with Crippen LogP contribution in [0, 0.1) is 17.2 Å². The predicted molar refractivity (Wildman–Crippen MR) is 79.6 cm³/mol. The van der Waals surface area contributed by atoms with Crippen LogP contribution < -0.4 is 10.6 Å². The highest BCUT2D eigenvalue weighted by molar-refractivity contribution is 5.65. The Morgan fingerprint density at radius 1 is 1.57 bits per heavy atom. The molecule has 2 heterocycles. The zero-order chi connectivity index (χ0) is 15.2. The molecule has 1 aromatic rings. The summed E-state index contributed by atoms with van der Waals surface area (Å²) < 4.78 is 4.98. The predicted octanol–water partition coefficient (Wildman–Crippen LogP) is 1.71. The largest absolute Gasteiger partial charge is 0.466 e. The molecule has 1 saturated heterocycles. The lowest BCUT2D eigenvalue weighted by Gasteiger charge is -2.33. The van der Waals surface area contributed by atoms with E-state index in [1.54, 1.807) is 12.3 Å². The second-order valence-electron chi connectivity index (χ2n) is 5.31. The number of aromatic nitrogens is 1. The van der Waals surface area contributed by atoms with Crippen LogP contribution in [0.15, 0.2) is 12.3 Å². The van der Waals surface area contributed by atoms with Gasteiger partial charge in [-0.15, -0.1) is 0 Å². The summed E-state index contributed by atoms with van der Waals surface area (Å²) in [6, 6.07) is 3.81. The van der Waals surface area contributed by atoms with Gasteiger partial charge < -0.3 is 15.4 Å². The summed E-state index contributed by atoms with van der Waals surface area (Å²) in [4.78, 5) is 17.2. The normalized spacial score (nSPS) is 15.5. The van der Waals surface area contributed by atoms with Crippen molar-refractivity contribution in [3.05, 3.63) is 17.8 Å². The summed E-state index contributed by atoms with van der Waals surface area (Å²) in [5.74, 6) is 1.04. The number of pyridine rings is 1. The summed E-state index contributed by atoms with van der Waals surface area (Å²) in [5, 5.41) is 9.17. The van der Waals surface area contributed by atoms with Crippen LogP contribution in [0.3, 0.4) is 0 Å². The molecule has 2 N–H and O–H groups in total. The van der Waals surface area contributed by atoms with Crippen LogP contribution in [0.25, 0.3) is 0 Å². The Kier molecular flexibility index (Phi) is 4.99. The van der Waals surface area contributed by atoms with E-state index in [4.69, 9.17) is 10.5 Å². The fraction of sp³-hybridized carbons (Fsp3) is 0.533. The number of hydrogen-bond acceptors (Lipinski definition) is 6. The van der Waals surface area contributed by atoms with Gasteiger partial charge in [0, 0.05) is 20.0 Å². The minimum absolute atomic E-state index is 0.225. The van der Waals surface area contributed by atoms with E-state index < -0.39 is 0 Å². The van der Waals surface area contributed by atoms with Crippen molar-refractivity contribution in [2.24, 2.45) is 5.92 Å². The molecule has 0 aliphatic carbocycles. The number of nitrogens with two attached hydrogens (primary N) is 1. The number of rotatable bonds is 4. The first kappa shape index (κ1) is 15.1. The summed E-state index contributed by atoms with van der Waals surface area (Å²) in [5.41, 5.74) is 6.69. The summed E-state index contributed by atoms with van der Waals surface area (Å²) >= 11 is 0. The molecule has 0 bridgehead atoms. The third-order valence-corrected chi connectivity index (χ3v) is 3.75. The molecule has 0 saturated carbocycles. The highest BCUT2D eigenvalue weighted by Crippen LogP contribution is 2.26. The molecule has 1 fully saturated rings. The number of carbonyl (C=O) groups is 1. The van der Waals surface area contributed by atoms with Gasteiger partial charge in [-0.05, 0) is 31.2 Å². The van der Waals surface area contributed by atoms with Crippen LogP contribution >= 0.6 is 0 Å². The van der Waals surface area contributed by atoms with Gasteiger partial charge in [-0.2, -0.15) is 5.26 Å². The maximum absolute atomic E-state index is 10.7. The molecule has 0 aromatic carbocycles. The Balaban J connectivity index is 1.89. The van der Waals surface area contributed by atoms with Gasteiger partial charge in [0.25, 0.3) is 0 Å². The van der Waals surface area contributed by atoms with Crippen LogP contribution in [0.2, 0.25) is 0 Å². The lowest BCUT2D eigenvalue weighted by atomic mass is 9.94. The minimum Gasteiger partial charge on any atom is -0.466 e. The number of anilines is 2. The molecule has 0 unspecified atom stereocenters. The molecule has 0 atom stereocenters. The Morgan fingerprint density at radius 2 is 2.29 bits per heavy atom. The Hall–Kier alpha value is -2.29. The van der Waals surface area contributed by atoms with Crippen LogP contribution in [0.1, 0.15) is 31.7 Å². The molecule has 2 rings (SSSR count). The van der Waals surface area contributed by atoms with Crippen molar-refractivity contribution >= 4 is 17.5 Å². The SMILES string of the molecule is CC(=O)OCCC1CCN(c2ncc(N)cc2C#N)CC1. The number of nitriles is 1. The standard InChI is InChI=1S/C15H20N4O2/c1-11(20)21-7-4-12-2-5-19(6-3-12)15-13(9-16)8-14(17)10-18-15/h8,10,12H,2-7,17H2,1H3. The number of nitrogen functional groups attached to an aromatic ring is 1. The van der Waals surface area contributed by atoms with E-state index in [1.165, 1.54) is 6.92 Å². The maximum Gasteiger partial charge on any atom is 0.302 e. The summed E-state index contributed by atoms with van der Waals surface area (Å²) in [6.45, 7) is 3.63. The van der Waals surface area contributed by atoms with Gasteiger partial charge in [0.15, 0.2) is 0 Å². The van der Waals surface area contributed by atoms with E-state index in [2.05, 4.69) is 16.0 Å². The smallest absolute Gasteiger partial charge is 0.302 e. The van der Waals surface area contributed by atoms with E-state index in [0.29, 0.717) is 29.6 Å². The van der Waals surface area contributed by atoms with Crippen LogP contribution in [0.5, 0.6) is 0 Å². The van der Waals surface area contributed by atoms with E-state index in [1.807, 2.05) is 0 Å². The fourth-order valence-electron chi connectivity index (χ4n) is 2.61. The third kappa shape index (κ3) is 4.09. The molecule has 0 spiro atoms. The second-order valence-corrected chi connectivity index (χ2v) is 5.31. The molecular weight excluding hydrogens is 268 g/mol. The lowest BCUT2D eigenvalue weighted by molar-refractivity contribution is -0.141. The lowest BCUT2D eigenvalue weighted by Crippen LogP contribution is -2.35. The summed E-state index contributed by atoms with van der Waals surface area (Å²) in [7, 11) is 0. The number of ether oxygens (including phenoxy) is 1. The summed E-state index contributed by atoms with van der Waals surface area (Å²) in [6.07, 6.45) is 4.51. The van der Waals surface area contributed by atoms with Gasteiger partial charge in [-0.25, -0.2) is 4.98 Å². The van der Waals surface area contributed by atoms with Gasteiger partial charge in [0.1, 0.15) is 11.9 Å². The van der Waals surface area contributed by atoms with Crippen molar-refractivity contribution in [1.82, 2.24) is 4.98 Å². The number of esters is 1. The van der Waals surface area contributed by atoms with Gasteiger partial charge in [-0.3, -0.25) is 4.79 Å². The number of hydrogen-bond donors (Lipinski definition) is 1. The van der Waals surface area contributed by atoms with E-state index in [0.717, 1.165) is 32.4 Å². The van der Waals surface area contributed by atoms with E-state index >= 15 is 0 Å². The molecule has 1 aliphatic heterocycles. The van der Waals surface area contributed by atoms with Crippen molar-refractivity contribution in [3.63, 3.8) is 0 Å². The first-order chi connectivity index (χ1) is 10.1.